The Morgan fingerprint density at radius 1 is 1.18 bits per heavy atom. The molecule has 144 valence electrons. The maximum Gasteiger partial charge on any atom is 0.252 e. The molecule has 2 atom stereocenters. The van der Waals surface area contributed by atoms with Gasteiger partial charge in [-0.25, -0.2) is 4.98 Å². The second-order valence-corrected chi connectivity index (χ2v) is 7.49. The van der Waals surface area contributed by atoms with Gasteiger partial charge in [-0.3, -0.25) is 4.79 Å². The maximum atomic E-state index is 12.9. The van der Waals surface area contributed by atoms with E-state index in [4.69, 9.17) is 4.42 Å². The van der Waals surface area contributed by atoms with Crippen LogP contribution in [0, 0.1) is 6.92 Å². The van der Waals surface area contributed by atoms with Crippen LogP contribution in [0.1, 0.15) is 35.7 Å². The van der Waals surface area contributed by atoms with Crippen LogP contribution < -0.4 is 10.6 Å². The summed E-state index contributed by atoms with van der Waals surface area (Å²) >= 11 is 0. The van der Waals surface area contributed by atoms with E-state index in [0.717, 1.165) is 24.9 Å². The first kappa shape index (κ1) is 18.4. The van der Waals surface area contributed by atoms with Crippen molar-refractivity contribution in [2.75, 3.05) is 6.54 Å². The van der Waals surface area contributed by atoms with Crippen LogP contribution >= 0.6 is 0 Å². The number of rotatable bonds is 4. The average molecular weight is 375 g/mol. The third-order valence-corrected chi connectivity index (χ3v) is 5.20. The molecule has 5 heteroatoms. The lowest BCUT2D eigenvalue weighted by Gasteiger charge is -2.28. The number of carbonyl (C=O) groups is 1. The van der Waals surface area contributed by atoms with E-state index in [1.807, 2.05) is 55.5 Å². The number of piperidine rings is 1. The van der Waals surface area contributed by atoms with E-state index in [1.165, 1.54) is 5.56 Å². The fraction of sp³-hybridized carbons (Fsp3) is 0.304. The Bertz CT molecular complexity index is 962. The minimum atomic E-state index is -0.0789. The molecule has 2 unspecified atom stereocenters. The molecule has 0 saturated carbocycles. The summed E-state index contributed by atoms with van der Waals surface area (Å²) in [6.07, 6.45) is 3.59. The molecule has 1 aliphatic rings. The second-order valence-electron chi connectivity index (χ2n) is 7.49. The van der Waals surface area contributed by atoms with Crippen LogP contribution in [0.5, 0.6) is 0 Å². The molecule has 2 N–H and O–H groups in total. The first-order valence-electron chi connectivity index (χ1n) is 9.76. The summed E-state index contributed by atoms with van der Waals surface area (Å²) in [6.45, 7) is 5.12. The topological polar surface area (TPSA) is 67.2 Å². The number of amides is 1. The number of hydrogen-bond acceptors (Lipinski definition) is 4. The van der Waals surface area contributed by atoms with E-state index in [1.54, 1.807) is 6.20 Å². The lowest BCUT2D eigenvalue weighted by atomic mass is 9.99. The highest BCUT2D eigenvalue weighted by atomic mass is 16.4. The van der Waals surface area contributed by atoms with E-state index >= 15 is 0 Å². The number of aromatic nitrogens is 1. The molecular formula is C23H25N3O2. The smallest absolute Gasteiger partial charge is 0.252 e. The van der Waals surface area contributed by atoms with E-state index in [-0.39, 0.29) is 11.9 Å². The first-order chi connectivity index (χ1) is 13.6. The van der Waals surface area contributed by atoms with Crippen LogP contribution in [0.2, 0.25) is 0 Å². The molecular weight excluding hydrogens is 350 g/mol. The highest BCUT2D eigenvalue weighted by molar-refractivity contribution is 6.00. The maximum absolute atomic E-state index is 12.9. The van der Waals surface area contributed by atoms with Crippen molar-refractivity contribution in [2.45, 2.75) is 38.8 Å². The van der Waals surface area contributed by atoms with Crippen LogP contribution in [-0.4, -0.2) is 29.5 Å². The summed E-state index contributed by atoms with van der Waals surface area (Å²) in [5.41, 5.74) is 3.46. The number of benzene rings is 2. The molecule has 3 aromatic rings. The average Bonchev–Trinajstić information content (AvgIpc) is 3.18. The Balaban J connectivity index is 1.58. The predicted molar refractivity (Wildman–Crippen MR) is 110 cm³/mol. The Morgan fingerprint density at radius 2 is 1.96 bits per heavy atom. The summed E-state index contributed by atoms with van der Waals surface area (Å²) < 4.78 is 5.99. The van der Waals surface area contributed by atoms with Gasteiger partial charge in [0.1, 0.15) is 0 Å². The van der Waals surface area contributed by atoms with Gasteiger partial charge in [0.25, 0.3) is 5.91 Å². The molecule has 28 heavy (non-hydrogen) atoms. The number of aryl methyl sites for hydroxylation is 1. The Morgan fingerprint density at radius 3 is 2.75 bits per heavy atom. The van der Waals surface area contributed by atoms with Crippen molar-refractivity contribution in [3.05, 3.63) is 65.9 Å². The van der Waals surface area contributed by atoms with Crippen LogP contribution in [-0.2, 0) is 0 Å². The zero-order valence-corrected chi connectivity index (χ0v) is 16.2. The van der Waals surface area contributed by atoms with E-state index < -0.39 is 0 Å². The van der Waals surface area contributed by atoms with Gasteiger partial charge < -0.3 is 15.1 Å². The van der Waals surface area contributed by atoms with Gasteiger partial charge in [-0.15, -0.1) is 0 Å². The minimum Gasteiger partial charge on any atom is -0.436 e. The first-order valence-corrected chi connectivity index (χ1v) is 9.76. The summed E-state index contributed by atoms with van der Waals surface area (Å²) in [5, 5.41) is 6.58. The molecule has 0 bridgehead atoms. The molecule has 0 spiro atoms. The molecule has 1 fully saturated rings. The summed E-state index contributed by atoms with van der Waals surface area (Å²) in [7, 11) is 0. The Kier molecular flexibility index (Phi) is 5.26. The van der Waals surface area contributed by atoms with Gasteiger partial charge in [0, 0.05) is 23.2 Å². The minimum absolute atomic E-state index is 0.0789. The number of carbonyl (C=O) groups excluding carboxylic acids is 1. The molecule has 1 aromatic heterocycles. The number of nitrogens with zero attached hydrogens (tertiary/aromatic N) is 1. The third kappa shape index (κ3) is 3.99. The largest absolute Gasteiger partial charge is 0.436 e. The van der Waals surface area contributed by atoms with E-state index in [2.05, 4.69) is 22.5 Å². The van der Waals surface area contributed by atoms with E-state index in [0.29, 0.717) is 28.8 Å². The van der Waals surface area contributed by atoms with Gasteiger partial charge in [-0.1, -0.05) is 42.0 Å². The fourth-order valence-corrected chi connectivity index (χ4v) is 3.64. The van der Waals surface area contributed by atoms with Crippen molar-refractivity contribution in [3.8, 4) is 22.8 Å². The molecule has 1 aliphatic heterocycles. The van der Waals surface area contributed by atoms with Gasteiger partial charge >= 0.3 is 0 Å². The monoisotopic (exact) mass is 375 g/mol. The van der Waals surface area contributed by atoms with Crippen molar-refractivity contribution < 1.29 is 9.21 Å². The summed E-state index contributed by atoms with van der Waals surface area (Å²) in [4.78, 5) is 17.4. The summed E-state index contributed by atoms with van der Waals surface area (Å²) in [6, 6.07) is 16.2. The van der Waals surface area contributed by atoms with Gasteiger partial charge in [-0.2, -0.15) is 0 Å². The van der Waals surface area contributed by atoms with E-state index in [9.17, 15) is 4.79 Å². The van der Waals surface area contributed by atoms with Gasteiger partial charge in [-0.05, 0) is 45.4 Å². The van der Waals surface area contributed by atoms with Crippen molar-refractivity contribution >= 4 is 5.91 Å². The standard InChI is InChI=1S/C23H25N3O2/c1-15-7-9-17(10-8-15)21-14-25-23(28-21)20-6-4-3-5-19(20)22(27)26-18-11-12-24-16(2)13-18/h3-10,14,16,18,24H,11-13H2,1-2H3,(H,26,27). The molecule has 2 aromatic carbocycles. The lowest BCUT2D eigenvalue weighted by Crippen LogP contribution is -2.46. The van der Waals surface area contributed by atoms with Crippen molar-refractivity contribution in [3.63, 3.8) is 0 Å². The van der Waals surface area contributed by atoms with Crippen molar-refractivity contribution in [1.82, 2.24) is 15.6 Å². The number of nitrogens with one attached hydrogen (secondary N) is 2. The Labute approximate surface area is 165 Å². The Hall–Kier alpha value is -2.92. The third-order valence-electron chi connectivity index (χ3n) is 5.20. The van der Waals surface area contributed by atoms with Gasteiger partial charge in [0.15, 0.2) is 5.76 Å². The molecule has 0 aliphatic carbocycles. The van der Waals surface area contributed by atoms with Gasteiger partial charge in [0.2, 0.25) is 5.89 Å². The second kappa shape index (κ2) is 7.98. The normalized spacial score (nSPS) is 19.4. The zero-order valence-electron chi connectivity index (χ0n) is 16.2. The molecule has 4 rings (SSSR count). The number of hydrogen-bond donors (Lipinski definition) is 2. The molecule has 1 saturated heterocycles. The molecule has 2 heterocycles. The quantitative estimate of drug-likeness (QED) is 0.718. The number of oxazole rings is 1. The lowest BCUT2D eigenvalue weighted by molar-refractivity contribution is 0.0926. The molecule has 1 amide bonds. The van der Waals surface area contributed by atoms with Crippen molar-refractivity contribution in [2.24, 2.45) is 0 Å². The molecule has 5 nitrogen and oxygen atoms in total. The summed E-state index contributed by atoms with van der Waals surface area (Å²) in [5.74, 6) is 1.07. The van der Waals surface area contributed by atoms with Crippen LogP contribution in [0.4, 0.5) is 0 Å². The predicted octanol–water partition coefficient (Wildman–Crippen LogP) is 4.19. The van der Waals surface area contributed by atoms with Gasteiger partial charge in [0.05, 0.1) is 11.8 Å². The zero-order chi connectivity index (χ0) is 19.5. The highest BCUT2D eigenvalue weighted by Gasteiger charge is 2.23. The van der Waals surface area contributed by atoms with Crippen LogP contribution in [0.15, 0.2) is 59.1 Å². The van der Waals surface area contributed by atoms with Crippen LogP contribution in [0.25, 0.3) is 22.8 Å². The van der Waals surface area contributed by atoms with Crippen LogP contribution in [0.3, 0.4) is 0 Å². The molecule has 0 radical (unpaired) electrons. The fourth-order valence-electron chi connectivity index (χ4n) is 3.64. The SMILES string of the molecule is Cc1ccc(-c2cnc(-c3ccccc3C(=O)NC3CCNC(C)C3)o2)cc1. The van der Waals surface area contributed by atoms with Crippen molar-refractivity contribution in [1.29, 1.82) is 0 Å². The highest BCUT2D eigenvalue weighted by Crippen LogP contribution is 2.28.